The molecule has 0 unspecified atom stereocenters. The molecule has 23 heavy (non-hydrogen) atoms. The Morgan fingerprint density at radius 1 is 1.26 bits per heavy atom. The predicted molar refractivity (Wildman–Crippen MR) is 91.8 cm³/mol. The van der Waals surface area contributed by atoms with Crippen molar-refractivity contribution in [2.24, 2.45) is 5.92 Å². The van der Waals surface area contributed by atoms with E-state index in [0.717, 1.165) is 39.9 Å². The molecule has 0 radical (unpaired) electrons. The minimum Gasteiger partial charge on any atom is -0.330 e. The molecule has 0 amide bonds. The third kappa shape index (κ3) is 2.93. The molecule has 1 aliphatic carbocycles. The molecule has 6 nitrogen and oxygen atoms in total. The Morgan fingerprint density at radius 3 is 2.83 bits per heavy atom. The Bertz CT molecular complexity index is 864. The molecule has 0 atom stereocenters. The summed E-state index contributed by atoms with van der Waals surface area (Å²) in [7, 11) is 0. The zero-order valence-electron chi connectivity index (χ0n) is 13.1. The lowest BCUT2D eigenvalue weighted by Gasteiger charge is -2.01. The lowest BCUT2D eigenvalue weighted by Crippen LogP contribution is -2.00. The summed E-state index contributed by atoms with van der Waals surface area (Å²) < 4.78 is 4.82. The van der Waals surface area contributed by atoms with Gasteiger partial charge in [0.1, 0.15) is 16.3 Å². The number of fused-ring (bicyclic) bond motifs is 1. The summed E-state index contributed by atoms with van der Waals surface area (Å²) in [6, 6.07) is 0. The number of imidazole rings is 1. The summed E-state index contributed by atoms with van der Waals surface area (Å²) in [5, 5.41) is 4.51. The van der Waals surface area contributed by atoms with E-state index < -0.39 is 0 Å². The summed E-state index contributed by atoms with van der Waals surface area (Å²) in [4.78, 5) is 13.4. The highest BCUT2D eigenvalue weighted by Crippen LogP contribution is 2.31. The van der Waals surface area contributed by atoms with Crippen molar-refractivity contribution in [3.63, 3.8) is 0 Å². The average Bonchev–Trinajstić information content (AvgIpc) is 3.10. The zero-order chi connectivity index (χ0) is 16.0. The molecule has 7 heteroatoms. The summed E-state index contributed by atoms with van der Waals surface area (Å²) in [6.07, 6.45) is 10.4. The van der Waals surface area contributed by atoms with E-state index in [0.29, 0.717) is 5.82 Å². The van der Waals surface area contributed by atoms with Gasteiger partial charge in [0.2, 0.25) is 0 Å². The quantitative estimate of drug-likeness (QED) is 0.704. The Morgan fingerprint density at radius 2 is 2.09 bits per heavy atom. The van der Waals surface area contributed by atoms with Gasteiger partial charge in [0.15, 0.2) is 11.5 Å². The zero-order valence-corrected chi connectivity index (χ0v) is 14.7. The molecule has 1 fully saturated rings. The first-order valence-corrected chi connectivity index (χ1v) is 8.49. The summed E-state index contributed by atoms with van der Waals surface area (Å²) in [5.74, 6) is 3.22. The smallest absolute Gasteiger partial charge is 0.175 e. The number of hydrogen-bond donors (Lipinski definition) is 0. The lowest BCUT2D eigenvalue weighted by molar-refractivity contribution is 0.622. The SMILES string of the molecule is Cc1cnc(C)n2nc(/C=C/c3nc(Br)cn3CC3CC3)nc12. The highest BCUT2D eigenvalue weighted by atomic mass is 79.9. The van der Waals surface area contributed by atoms with E-state index in [-0.39, 0.29) is 0 Å². The summed E-state index contributed by atoms with van der Waals surface area (Å²) in [5.41, 5.74) is 1.86. The van der Waals surface area contributed by atoms with Gasteiger partial charge in [-0.1, -0.05) is 0 Å². The monoisotopic (exact) mass is 372 g/mol. The molecule has 1 saturated carbocycles. The van der Waals surface area contributed by atoms with E-state index in [4.69, 9.17) is 0 Å². The van der Waals surface area contributed by atoms with Crippen LogP contribution in [0.5, 0.6) is 0 Å². The maximum absolute atomic E-state index is 4.57. The van der Waals surface area contributed by atoms with Crippen molar-refractivity contribution in [1.29, 1.82) is 0 Å². The molecule has 0 bridgehead atoms. The molecule has 0 N–H and O–H groups in total. The van der Waals surface area contributed by atoms with E-state index in [1.54, 1.807) is 4.52 Å². The largest absolute Gasteiger partial charge is 0.330 e. The molecule has 0 saturated heterocycles. The van der Waals surface area contributed by atoms with Crippen molar-refractivity contribution in [2.75, 3.05) is 0 Å². The minimum atomic E-state index is 0.668. The van der Waals surface area contributed by atoms with Gasteiger partial charge in [-0.15, -0.1) is 5.10 Å². The van der Waals surface area contributed by atoms with E-state index in [1.165, 1.54) is 12.8 Å². The fourth-order valence-electron chi connectivity index (χ4n) is 2.59. The molecule has 1 aliphatic rings. The average molecular weight is 373 g/mol. The molecule has 3 aromatic rings. The highest BCUT2D eigenvalue weighted by molar-refractivity contribution is 9.10. The number of aryl methyl sites for hydroxylation is 2. The van der Waals surface area contributed by atoms with Crippen LogP contribution in [0.1, 0.15) is 35.9 Å². The van der Waals surface area contributed by atoms with Crippen LogP contribution >= 0.6 is 15.9 Å². The fraction of sp³-hybridized carbons (Fsp3) is 0.375. The normalized spacial score (nSPS) is 15.1. The molecule has 3 heterocycles. The van der Waals surface area contributed by atoms with Crippen LogP contribution in [0.4, 0.5) is 0 Å². The van der Waals surface area contributed by atoms with Gasteiger partial charge in [-0.2, -0.15) is 4.52 Å². The number of halogens is 1. The summed E-state index contributed by atoms with van der Waals surface area (Å²) >= 11 is 3.46. The Labute approximate surface area is 142 Å². The molecule has 0 aromatic carbocycles. The van der Waals surface area contributed by atoms with Crippen molar-refractivity contribution >= 4 is 33.7 Å². The molecular weight excluding hydrogens is 356 g/mol. The van der Waals surface area contributed by atoms with Gasteiger partial charge >= 0.3 is 0 Å². The maximum atomic E-state index is 4.57. The Balaban J connectivity index is 1.66. The van der Waals surface area contributed by atoms with Gasteiger partial charge in [0, 0.05) is 24.5 Å². The molecule has 0 aliphatic heterocycles. The first-order valence-electron chi connectivity index (χ1n) is 7.70. The molecule has 118 valence electrons. The Hall–Kier alpha value is -2.02. The Kier molecular flexibility index (Phi) is 3.52. The van der Waals surface area contributed by atoms with Crippen LogP contribution in [-0.2, 0) is 6.54 Å². The van der Waals surface area contributed by atoms with Gasteiger partial charge in [0.25, 0.3) is 0 Å². The van der Waals surface area contributed by atoms with E-state index >= 15 is 0 Å². The third-order valence-corrected chi connectivity index (χ3v) is 4.42. The molecule has 0 spiro atoms. The molecule has 4 rings (SSSR count). The van der Waals surface area contributed by atoms with Crippen LogP contribution in [0.25, 0.3) is 17.8 Å². The first kappa shape index (κ1) is 14.6. The van der Waals surface area contributed by atoms with Crippen LogP contribution in [0.2, 0.25) is 0 Å². The minimum absolute atomic E-state index is 0.668. The van der Waals surface area contributed by atoms with E-state index in [9.17, 15) is 0 Å². The first-order chi connectivity index (χ1) is 11.1. The van der Waals surface area contributed by atoms with Crippen molar-refractivity contribution in [3.05, 3.63) is 40.0 Å². The van der Waals surface area contributed by atoms with Gasteiger partial charge < -0.3 is 4.57 Å². The molecule has 3 aromatic heterocycles. The second-order valence-electron chi connectivity index (χ2n) is 6.04. The highest BCUT2D eigenvalue weighted by Gasteiger charge is 2.22. The number of nitrogens with zero attached hydrogens (tertiary/aromatic N) is 6. The third-order valence-electron chi connectivity index (χ3n) is 4.04. The van der Waals surface area contributed by atoms with E-state index in [2.05, 4.69) is 40.5 Å². The second kappa shape index (κ2) is 5.56. The van der Waals surface area contributed by atoms with Gasteiger partial charge in [-0.05, 0) is 60.7 Å². The standard InChI is InChI=1S/C16H17BrN6/c1-10-7-18-11(2)23-16(10)20-14(21-23)5-6-15-19-13(17)9-22(15)8-12-3-4-12/h5-7,9,12H,3-4,8H2,1-2H3/b6-5+. The van der Waals surface area contributed by atoms with Crippen LogP contribution in [0.3, 0.4) is 0 Å². The lowest BCUT2D eigenvalue weighted by atomic mass is 10.3. The predicted octanol–water partition coefficient (Wildman–Crippen LogP) is 3.28. The number of aromatic nitrogens is 6. The van der Waals surface area contributed by atoms with Crippen LogP contribution in [0, 0.1) is 19.8 Å². The van der Waals surface area contributed by atoms with Crippen molar-refractivity contribution in [1.82, 2.24) is 29.1 Å². The number of hydrogen-bond acceptors (Lipinski definition) is 4. The second-order valence-corrected chi connectivity index (χ2v) is 6.86. The fourth-order valence-corrected chi connectivity index (χ4v) is 3.02. The van der Waals surface area contributed by atoms with Crippen LogP contribution < -0.4 is 0 Å². The van der Waals surface area contributed by atoms with Crippen LogP contribution in [0.15, 0.2) is 17.0 Å². The van der Waals surface area contributed by atoms with Crippen molar-refractivity contribution in [2.45, 2.75) is 33.2 Å². The van der Waals surface area contributed by atoms with Gasteiger partial charge in [-0.25, -0.2) is 15.0 Å². The maximum Gasteiger partial charge on any atom is 0.175 e. The summed E-state index contributed by atoms with van der Waals surface area (Å²) in [6.45, 7) is 4.94. The number of rotatable bonds is 4. The van der Waals surface area contributed by atoms with Crippen LogP contribution in [-0.4, -0.2) is 29.1 Å². The topological polar surface area (TPSA) is 60.9 Å². The van der Waals surface area contributed by atoms with E-state index in [1.807, 2.05) is 38.4 Å². The van der Waals surface area contributed by atoms with Gasteiger partial charge in [-0.3, -0.25) is 0 Å². The van der Waals surface area contributed by atoms with Gasteiger partial charge in [0.05, 0.1) is 0 Å². The van der Waals surface area contributed by atoms with Crippen molar-refractivity contribution in [3.8, 4) is 0 Å². The van der Waals surface area contributed by atoms with Crippen molar-refractivity contribution < 1.29 is 0 Å². The molecular formula is C16H17BrN6.